The lowest BCUT2D eigenvalue weighted by Gasteiger charge is -2.62. The normalized spacial score (nSPS) is 48.9. The molecule has 0 aromatic heterocycles. The summed E-state index contributed by atoms with van der Waals surface area (Å²) >= 11 is 0. The smallest absolute Gasteiger partial charge is 0.219 e. The van der Waals surface area contributed by atoms with Gasteiger partial charge in [0.25, 0.3) is 0 Å². The fourth-order valence-electron chi connectivity index (χ4n) is 9.02. The van der Waals surface area contributed by atoms with Crippen LogP contribution in [-0.2, 0) is 4.79 Å². The summed E-state index contributed by atoms with van der Waals surface area (Å²) < 4.78 is 0. The molecule has 0 unspecified atom stereocenters. The third kappa shape index (κ3) is 3.64. The third-order valence-electron chi connectivity index (χ3n) is 10.6. The van der Waals surface area contributed by atoms with E-state index < -0.39 is 0 Å². The number of carbonyl (C=O) groups excluding carboxylic acids is 1. The SMILES string of the molecule is CCNC(=O)CC[C@@H](C)[C@H]1CC[C@H]2[C@@H]3[C@@H](O)C[C@@H]4C[C@H](O)CC[C@]4(C)[C@H]3CC[C@]12C. The zero-order chi connectivity index (χ0) is 21.7. The number of carbonyl (C=O) groups is 1. The molecule has 1 amide bonds. The first-order chi connectivity index (χ1) is 14.2. The van der Waals surface area contributed by atoms with Gasteiger partial charge in [-0.15, -0.1) is 0 Å². The van der Waals surface area contributed by atoms with Gasteiger partial charge in [0, 0.05) is 13.0 Å². The van der Waals surface area contributed by atoms with Crippen molar-refractivity contribution in [2.45, 2.75) is 104 Å². The van der Waals surface area contributed by atoms with Gasteiger partial charge in [-0.3, -0.25) is 4.79 Å². The molecule has 4 rings (SSSR count). The molecule has 172 valence electrons. The molecule has 4 aliphatic carbocycles. The zero-order valence-electron chi connectivity index (χ0n) is 19.7. The minimum absolute atomic E-state index is 0.165. The van der Waals surface area contributed by atoms with Crippen LogP contribution in [0.3, 0.4) is 0 Å². The largest absolute Gasteiger partial charge is 0.393 e. The number of hydrogen-bond acceptors (Lipinski definition) is 3. The second-order valence-electron chi connectivity index (χ2n) is 11.9. The number of aliphatic hydroxyl groups excluding tert-OH is 2. The lowest BCUT2D eigenvalue weighted by atomic mass is 9.43. The maximum atomic E-state index is 12.0. The van der Waals surface area contributed by atoms with E-state index in [1.165, 1.54) is 25.7 Å². The average molecular weight is 420 g/mol. The van der Waals surface area contributed by atoms with Gasteiger partial charge in [0.05, 0.1) is 12.2 Å². The maximum Gasteiger partial charge on any atom is 0.219 e. The highest BCUT2D eigenvalue weighted by atomic mass is 16.3. The summed E-state index contributed by atoms with van der Waals surface area (Å²) in [5.74, 6) is 3.57. The van der Waals surface area contributed by atoms with Gasteiger partial charge in [-0.2, -0.15) is 0 Å². The van der Waals surface area contributed by atoms with Crippen molar-refractivity contribution in [3.63, 3.8) is 0 Å². The van der Waals surface area contributed by atoms with Gasteiger partial charge in [0.2, 0.25) is 5.91 Å². The molecule has 4 fully saturated rings. The molecule has 0 radical (unpaired) electrons. The monoisotopic (exact) mass is 419 g/mol. The van der Waals surface area contributed by atoms with Gasteiger partial charge in [-0.25, -0.2) is 0 Å². The second-order valence-corrected chi connectivity index (χ2v) is 11.9. The molecule has 0 bridgehead atoms. The van der Waals surface area contributed by atoms with Crippen molar-refractivity contribution in [3.8, 4) is 0 Å². The fraction of sp³-hybridized carbons (Fsp3) is 0.962. The molecule has 3 N–H and O–H groups in total. The predicted molar refractivity (Wildman–Crippen MR) is 120 cm³/mol. The standard InChI is InChI=1S/C26H45NO3/c1-5-27-23(30)9-6-16(2)19-7-8-20-24-21(11-13-26(19,20)4)25(3)12-10-18(28)14-17(25)15-22(24)29/h16-22,24,28-29H,5-15H2,1-4H3,(H,27,30)/t16-,17+,18-,19-,20+,21+,22+,24+,25+,26-/m1/s1. The summed E-state index contributed by atoms with van der Waals surface area (Å²) in [5, 5.41) is 24.5. The number of rotatable bonds is 5. The van der Waals surface area contributed by atoms with E-state index in [0.717, 1.165) is 32.1 Å². The Kier molecular flexibility index (Phi) is 6.31. The molecule has 0 aliphatic heterocycles. The molecule has 30 heavy (non-hydrogen) atoms. The Morgan fingerprint density at radius 1 is 1.03 bits per heavy atom. The number of aliphatic hydroxyl groups is 2. The highest BCUT2D eigenvalue weighted by Crippen LogP contribution is 2.68. The summed E-state index contributed by atoms with van der Waals surface area (Å²) in [5.41, 5.74) is 0.604. The Morgan fingerprint density at radius 3 is 2.47 bits per heavy atom. The molecule has 4 heteroatoms. The Hall–Kier alpha value is -0.610. The first-order valence-electron chi connectivity index (χ1n) is 12.8. The topological polar surface area (TPSA) is 69.6 Å². The van der Waals surface area contributed by atoms with E-state index in [1.807, 2.05) is 6.92 Å². The van der Waals surface area contributed by atoms with Crippen molar-refractivity contribution in [1.29, 1.82) is 0 Å². The number of hydrogen-bond donors (Lipinski definition) is 3. The van der Waals surface area contributed by atoms with Crippen molar-refractivity contribution < 1.29 is 15.0 Å². The predicted octanol–water partition coefficient (Wildman–Crippen LogP) is 4.53. The Morgan fingerprint density at radius 2 is 1.73 bits per heavy atom. The van der Waals surface area contributed by atoms with Gasteiger partial charge in [-0.1, -0.05) is 20.8 Å². The third-order valence-corrected chi connectivity index (χ3v) is 10.6. The van der Waals surface area contributed by atoms with Crippen LogP contribution in [0, 0.1) is 46.3 Å². The van der Waals surface area contributed by atoms with Crippen LogP contribution < -0.4 is 5.32 Å². The Balaban J connectivity index is 1.49. The van der Waals surface area contributed by atoms with Crippen LogP contribution in [-0.4, -0.2) is 34.9 Å². The number of nitrogens with one attached hydrogen (secondary N) is 1. The first kappa shape index (κ1) is 22.6. The molecule has 4 nitrogen and oxygen atoms in total. The van der Waals surface area contributed by atoms with E-state index in [9.17, 15) is 15.0 Å². The second kappa shape index (κ2) is 8.39. The van der Waals surface area contributed by atoms with Crippen molar-refractivity contribution in [2.75, 3.05) is 6.54 Å². The molecule has 10 atom stereocenters. The van der Waals surface area contributed by atoms with E-state index in [-0.39, 0.29) is 18.1 Å². The number of fused-ring (bicyclic) bond motifs is 5. The Labute approximate surface area is 183 Å². The molecule has 0 spiro atoms. The molecule has 0 heterocycles. The molecule has 4 aliphatic rings. The lowest BCUT2D eigenvalue weighted by molar-refractivity contribution is -0.174. The van der Waals surface area contributed by atoms with Gasteiger partial charge in [0.15, 0.2) is 0 Å². The van der Waals surface area contributed by atoms with E-state index in [0.29, 0.717) is 59.3 Å². The van der Waals surface area contributed by atoms with Crippen LogP contribution in [0.15, 0.2) is 0 Å². The molecular weight excluding hydrogens is 374 g/mol. The van der Waals surface area contributed by atoms with E-state index >= 15 is 0 Å². The summed E-state index contributed by atoms with van der Waals surface area (Å²) in [6.45, 7) is 10.1. The van der Waals surface area contributed by atoms with E-state index in [4.69, 9.17) is 0 Å². The summed E-state index contributed by atoms with van der Waals surface area (Å²) in [6.07, 6.45) is 10.1. The number of amides is 1. The van der Waals surface area contributed by atoms with Gasteiger partial charge >= 0.3 is 0 Å². The maximum absolute atomic E-state index is 12.0. The summed E-state index contributed by atoms with van der Waals surface area (Å²) in [4.78, 5) is 12.0. The van der Waals surface area contributed by atoms with Crippen molar-refractivity contribution in [3.05, 3.63) is 0 Å². The lowest BCUT2D eigenvalue weighted by Crippen LogP contribution is -2.58. The first-order valence-corrected chi connectivity index (χ1v) is 12.8. The van der Waals surface area contributed by atoms with E-state index in [1.54, 1.807) is 0 Å². The molecule has 0 aromatic carbocycles. The van der Waals surface area contributed by atoms with Crippen molar-refractivity contribution >= 4 is 5.91 Å². The van der Waals surface area contributed by atoms with Crippen molar-refractivity contribution in [2.24, 2.45) is 46.3 Å². The molecule has 0 saturated heterocycles. The fourth-order valence-corrected chi connectivity index (χ4v) is 9.02. The Bertz CT molecular complexity index is 638. The van der Waals surface area contributed by atoms with Gasteiger partial charge in [-0.05, 0) is 111 Å². The zero-order valence-corrected chi connectivity index (χ0v) is 19.7. The highest BCUT2D eigenvalue weighted by Gasteiger charge is 2.62. The minimum Gasteiger partial charge on any atom is -0.393 e. The van der Waals surface area contributed by atoms with Crippen LogP contribution in [0.4, 0.5) is 0 Å². The minimum atomic E-state index is -0.201. The van der Waals surface area contributed by atoms with Crippen molar-refractivity contribution in [1.82, 2.24) is 5.32 Å². The van der Waals surface area contributed by atoms with Gasteiger partial charge in [0.1, 0.15) is 0 Å². The van der Waals surface area contributed by atoms with E-state index in [2.05, 4.69) is 26.1 Å². The highest BCUT2D eigenvalue weighted by molar-refractivity contribution is 5.75. The quantitative estimate of drug-likeness (QED) is 0.613. The van der Waals surface area contributed by atoms with Gasteiger partial charge < -0.3 is 15.5 Å². The summed E-state index contributed by atoms with van der Waals surface area (Å²) in [7, 11) is 0. The van der Waals surface area contributed by atoms with Crippen LogP contribution in [0.2, 0.25) is 0 Å². The summed E-state index contributed by atoms with van der Waals surface area (Å²) in [6, 6.07) is 0. The van der Waals surface area contributed by atoms with Crippen LogP contribution in [0.1, 0.15) is 91.9 Å². The molecule has 0 aromatic rings. The molecule has 4 saturated carbocycles. The molecular formula is C26H45NO3. The van der Waals surface area contributed by atoms with Crippen LogP contribution in [0.25, 0.3) is 0 Å². The van der Waals surface area contributed by atoms with Crippen LogP contribution >= 0.6 is 0 Å². The average Bonchev–Trinajstić information content (AvgIpc) is 3.05. The van der Waals surface area contributed by atoms with Crippen LogP contribution in [0.5, 0.6) is 0 Å².